The molecule has 4 nitrogen and oxygen atoms in total. The molecule has 3 rings (SSSR count). The molecule has 0 saturated carbocycles. The zero-order valence-electron chi connectivity index (χ0n) is 12.6. The highest BCUT2D eigenvalue weighted by Gasteiger charge is 2.22. The van der Waals surface area contributed by atoms with Crippen molar-refractivity contribution in [3.63, 3.8) is 0 Å². The number of halogens is 1. The zero-order valence-corrected chi connectivity index (χ0v) is 15.0. The number of carbonyl (C=O) groups excluding carboxylic acids is 2. The number of hydrogen-bond donors (Lipinski definition) is 1. The Bertz CT molecular complexity index is 672. The normalized spacial score (nSPS) is 16.9. The third-order valence-electron chi connectivity index (χ3n) is 4.06. The van der Waals surface area contributed by atoms with Crippen molar-refractivity contribution in [1.29, 1.82) is 0 Å². The van der Waals surface area contributed by atoms with E-state index in [0.717, 1.165) is 35.8 Å². The smallest absolute Gasteiger partial charge is 0.228 e. The van der Waals surface area contributed by atoms with Crippen LogP contribution in [0, 0.1) is 0 Å². The lowest BCUT2D eigenvalue weighted by Crippen LogP contribution is -2.33. The molecule has 0 bridgehead atoms. The number of nitrogens with zero attached hydrogens (tertiary/aromatic N) is 1. The quantitative estimate of drug-likeness (QED) is 0.653. The van der Waals surface area contributed by atoms with Crippen molar-refractivity contribution in [3.8, 4) is 0 Å². The first-order chi connectivity index (χ1) is 11.0. The van der Waals surface area contributed by atoms with Crippen molar-refractivity contribution in [3.05, 3.63) is 28.3 Å². The molecule has 1 N–H and O–H groups in total. The van der Waals surface area contributed by atoms with Gasteiger partial charge in [-0.25, -0.2) is 0 Å². The molecule has 1 fully saturated rings. The van der Waals surface area contributed by atoms with E-state index in [1.807, 2.05) is 0 Å². The molecule has 0 radical (unpaired) electrons. The summed E-state index contributed by atoms with van der Waals surface area (Å²) in [5.41, 5.74) is 2.00. The molecule has 0 atom stereocenters. The van der Waals surface area contributed by atoms with Gasteiger partial charge in [0.15, 0.2) is 5.78 Å². The molecule has 1 aromatic carbocycles. The predicted octanol–water partition coefficient (Wildman–Crippen LogP) is 3.52. The van der Waals surface area contributed by atoms with Crippen LogP contribution in [0.4, 0.5) is 5.69 Å². The number of Topliss-reactive ketones (excluding diaryl/α,β-unsaturated/α-hetero) is 1. The Kier molecular flexibility index (Phi) is 5.24. The van der Waals surface area contributed by atoms with Gasteiger partial charge in [0.2, 0.25) is 5.91 Å². The molecule has 0 unspecified atom stereocenters. The number of piperidine rings is 1. The SMILES string of the molecule is O=C1Cc2cc(C(=O)CSC(=S)N3CCCCC3)c(Cl)cc2N1. The van der Waals surface area contributed by atoms with E-state index < -0.39 is 0 Å². The number of fused-ring (bicyclic) bond motifs is 1. The van der Waals surface area contributed by atoms with Gasteiger partial charge in [-0.1, -0.05) is 35.6 Å². The Labute approximate surface area is 149 Å². The maximum Gasteiger partial charge on any atom is 0.228 e. The van der Waals surface area contributed by atoms with Crippen molar-refractivity contribution < 1.29 is 9.59 Å². The molecule has 1 amide bonds. The lowest BCUT2D eigenvalue weighted by molar-refractivity contribution is -0.115. The van der Waals surface area contributed by atoms with Crippen LogP contribution in [0.15, 0.2) is 12.1 Å². The van der Waals surface area contributed by atoms with Crippen LogP contribution >= 0.6 is 35.6 Å². The van der Waals surface area contributed by atoms with E-state index in [1.165, 1.54) is 18.2 Å². The summed E-state index contributed by atoms with van der Waals surface area (Å²) in [4.78, 5) is 26.0. The fraction of sp³-hybridized carbons (Fsp3) is 0.438. The van der Waals surface area contributed by atoms with E-state index in [2.05, 4.69) is 10.2 Å². The average Bonchev–Trinajstić information content (AvgIpc) is 2.91. The number of benzene rings is 1. The van der Waals surface area contributed by atoms with Gasteiger partial charge in [-0.3, -0.25) is 9.59 Å². The number of likely N-dealkylation sites (tertiary alicyclic amines) is 1. The van der Waals surface area contributed by atoms with Gasteiger partial charge in [-0.05, 0) is 37.0 Å². The second kappa shape index (κ2) is 7.20. The van der Waals surface area contributed by atoms with Crippen LogP contribution in [-0.2, 0) is 11.2 Å². The summed E-state index contributed by atoms with van der Waals surface area (Å²) in [6.07, 6.45) is 3.87. The molecule has 2 aliphatic rings. The van der Waals surface area contributed by atoms with Gasteiger partial charge >= 0.3 is 0 Å². The minimum atomic E-state index is -0.0682. The Hall–Kier alpha value is -1.11. The molecule has 7 heteroatoms. The molecule has 0 spiro atoms. The van der Waals surface area contributed by atoms with E-state index in [4.69, 9.17) is 23.8 Å². The number of nitrogens with one attached hydrogen (secondary N) is 1. The monoisotopic (exact) mass is 368 g/mol. The molecule has 122 valence electrons. The van der Waals surface area contributed by atoms with E-state index >= 15 is 0 Å². The van der Waals surface area contributed by atoms with Crippen LogP contribution in [0.2, 0.25) is 5.02 Å². The first-order valence-corrected chi connectivity index (χ1v) is 9.39. The van der Waals surface area contributed by atoms with E-state index in [9.17, 15) is 9.59 Å². The van der Waals surface area contributed by atoms with Gasteiger partial charge in [0, 0.05) is 24.3 Å². The van der Waals surface area contributed by atoms with Crippen LogP contribution in [0.1, 0.15) is 35.2 Å². The summed E-state index contributed by atoms with van der Waals surface area (Å²) >= 11 is 13.0. The van der Waals surface area contributed by atoms with Crippen LogP contribution in [0.5, 0.6) is 0 Å². The fourth-order valence-electron chi connectivity index (χ4n) is 2.83. The maximum atomic E-state index is 12.4. The molecule has 2 heterocycles. The Balaban J connectivity index is 1.63. The number of anilines is 1. The van der Waals surface area contributed by atoms with Crippen LogP contribution < -0.4 is 5.32 Å². The topological polar surface area (TPSA) is 49.4 Å². The van der Waals surface area contributed by atoms with Gasteiger partial charge in [-0.2, -0.15) is 0 Å². The van der Waals surface area contributed by atoms with Crippen molar-refractivity contribution in [1.82, 2.24) is 4.90 Å². The van der Waals surface area contributed by atoms with Crippen molar-refractivity contribution >= 4 is 57.3 Å². The highest BCUT2D eigenvalue weighted by Crippen LogP contribution is 2.30. The lowest BCUT2D eigenvalue weighted by Gasteiger charge is -2.28. The molecule has 1 aromatic rings. The van der Waals surface area contributed by atoms with Gasteiger partial charge < -0.3 is 10.2 Å². The van der Waals surface area contributed by atoms with Crippen LogP contribution in [0.25, 0.3) is 0 Å². The first kappa shape index (κ1) is 16.7. The van der Waals surface area contributed by atoms with Gasteiger partial charge in [0.25, 0.3) is 0 Å². The average molecular weight is 369 g/mol. The van der Waals surface area contributed by atoms with Crippen molar-refractivity contribution in [2.45, 2.75) is 25.7 Å². The lowest BCUT2D eigenvalue weighted by atomic mass is 10.1. The van der Waals surface area contributed by atoms with Gasteiger partial charge in [0.05, 0.1) is 17.2 Å². The number of amides is 1. The Morgan fingerprint density at radius 2 is 2.04 bits per heavy atom. The molecule has 2 aliphatic heterocycles. The standard InChI is InChI=1S/C16H17ClN2O2S2/c17-12-8-13-10(7-15(21)18-13)6-11(12)14(20)9-23-16(22)19-4-2-1-3-5-19/h6,8H,1-5,7,9H2,(H,18,21). The summed E-state index contributed by atoms with van der Waals surface area (Å²) in [6, 6.07) is 3.38. The molecule has 0 aromatic heterocycles. The second-order valence-electron chi connectivity index (χ2n) is 5.74. The Morgan fingerprint density at radius 3 is 2.78 bits per heavy atom. The highest BCUT2D eigenvalue weighted by molar-refractivity contribution is 8.23. The third kappa shape index (κ3) is 3.87. The van der Waals surface area contributed by atoms with Gasteiger partial charge in [-0.15, -0.1) is 0 Å². The van der Waals surface area contributed by atoms with Crippen molar-refractivity contribution in [2.75, 3.05) is 24.2 Å². The molecule has 1 saturated heterocycles. The molecular weight excluding hydrogens is 352 g/mol. The molecule has 0 aliphatic carbocycles. The summed E-state index contributed by atoms with van der Waals surface area (Å²) in [6.45, 7) is 1.96. The third-order valence-corrected chi connectivity index (χ3v) is 5.90. The maximum absolute atomic E-state index is 12.4. The van der Waals surface area contributed by atoms with Crippen molar-refractivity contribution in [2.24, 2.45) is 0 Å². The number of ketones is 1. The summed E-state index contributed by atoms with van der Waals surface area (Å²) < 4.78 is 0.784. The summed E-state index contributed by atoms with van der Waals surface area (Å²) in [5, 5.41) is 3.11. The fourth-order valence-corrected chi connectivity index (χ4v) is 4.24. The number of thioether (sulfide) groups is 1. The highest BCUT2D eigenvalue weighted by atomic mass is 35.5. The van der Waals surface area contributed by atoms with E-state index in [0.29, 0.717) is 22.7 Å². The number of carbonyl (C=O) groups is 2. The predicted molar refractivity (Wildman–Crippen MR) is 98.6 cm³/mol. The van der Waals surface area contributed by atoms with Gasteiger partial charge in [0.1, 0.15) is 4.32 Å². The second-order valence-corrected chi connectivity index (χ2v) is 7.76. The molecule has 23 heavy (non-hydrogen) atoms. The molecular formula is C16H17ClN2O2S2. The van der Waals surface area contributed by atoms with Crippen LogP contribution in [-0.4, -0.2) is 39.8 Å². The van der Waals surface area contributed by atoms with E-state index in [-0.39, 0.29) is 17.4 Å². The largest absolute Gasteiger partial charge is 0.358 e. The first-order valence-electron chi connectivity index (χ1n) is 7.62. The summed E-state index contributed by atoms with van der Waals surface area (Å²) in [7, 11) is 0. The van der Waals surface area contributed by atoms with Crippen LogP contribution in [0.3, 0.4) is 0 Å². The minimum absolute atomic E-state index is 0.0542. The van der Waals surface area contributed by atoms with E-state index in [1.54, 1.807) is 12.1 Å². The number of rotatable bonds is 3. The summed E-state index contributed by atoms with van der Waals surface area (Å²) in [5.74, 6) is 0.151. The minimum Gasteiger partial charge on any atom is -0.358 e. The number of hydrogen-bond acceptors (Lipinski definition) is 4. The Morgan fingerprint density at radius 1 is 1.30 bits per heavy atom. The number of thiocarbonyl (C=S) groups is 1. The zero-order chi connectivity index (χ0) is 16.4.